The topological polar surface area (TPSA) is 60.2 Å². The molecule has 0 radical (unpaired) electrons. The van der Waals surface area contributed by atoms with Gasteiger partial charge in [0, 0.05) is 10.6 Å². The van der Waals surface area contributed by atoms with Gasteiger partial charge in [-0.2, -0.15) is 0 Å². The van der Waals surface area contributed by atoms with Gasteiger partial charge in [0.2, 0.25) is 0 Å². The minimum absolute atomic E-state index is 0.216. The van der Waals surface area contributed by atoms with Crippen molar-refractivity contribution in [2.45, 2.75) is 23.5 Å². The largest absolute Gasteiger partial charge is 0.330 e. The summed E-state index contributed by atoms with van der Waals surface area (Å²) in [5.41, 5.74) is 5.38. The van der Waals surface area contributed by atoms with E-state index in [0.29, 0.717) is 18.7 Å². The molecule has 3 nitrogen and oxygen atoms in total. The van der Waals surface area contributed by atoms with Gasteiger partial charge in [0.25, 0.3) is 0 Å². The van der Waals surface area contributed by atoms with Crippen molar-refractivity contribution in [2.75, 3.05) is 18.1 Å². The third-order valence-electron chi connectivity index (χ3n) is 2.57. The lowest BCUT2D eigenvalue weighted by Gasteiger charge is -2.11. The van der Waals surface area contributed by atoms with Gasteiger partial charge in [0.1, 0.15) is 0 Å². The van der Waals surface area contributed by atoms with Crippen LogP contribution in [0.15, 0.2) is 35.2 Å². The average molecular weight is 273 g/mol. The standard InChI is InChI=1S/C12H19NO2S2/c1-11(7-8-13)17(14,15)10-9-16-12-5-3-2-4-6-12/h2-6,11H,7-10,13H2,1H3. The number of rotatable bonds is 7. The van der Waals surface area contributed by atoms with Crippen LogP contribution in [0.2, 0.25) is 0 Å². The molecular formula is C12H19NO2S2. The molecule has 0 saturated heterocycles. The maximum Gasteiger partial charge on any atom is 0.153 e. The normalized spacial score (nSPS) is 13.5. The fourth-order valence-corrected chi connectivity index (χ4v) is 4.15. The molecule has 1 unspecified atom stereocenters. The number of sulfone groups is 1. The van der Waals surface area contributed by atoms with Gasteiger partial charge in [0.15, 0.2) is 9.84 Å². The molecule has 1 aromatic rings. The van der Waals surface area contributed by atoms with Gasteiger partial charge < -0.3 is 5.73 Å². The van der Waals surface area contributed by atoms with E-state index in [1.807, 2.05) is 30.3 Å². The van der Waals surface area contributed by atoms with Gasteiger partial charge in [0.05, 0.1) is 11.0 Å². The Labute approximate surface area is 108 Å². The molecule has 0 aliphatic rings. The van der Waals surface area contributed by atoms with Crippen molar-refractivity contribution in [1.82, 2.24) is 0 Å². The molecule has 0 spiro atoms. The Morgan fingerprint density at radius 2 is 1.94 bits per heavy atom. The van der Waals surface area contributed by atoms with Gasteiger partial charge in [-0.25, -0.2) is 8.42 Å². The first-order valence-corrected chi connectivity index (χ1v) is 8.36. The molecule has 0 heterocycles. The lowest BCUT2D eigenvalue weighted by molar-refractivity contribution is 0.580. The second-order valence-electron chi connectivity index (χ2n) is 3.92. The lowest BCUT2D eigenvalue weighted by Crippen LogP contribution is -2.24. The minimum Gasteiger partial charge on any atom is -0.330 e. The Balaban J connectivity index is 2.40. The summed E-state index contributed by atoms with van der Waals surface area (Å²) in [6, 6.07) is 9.83. The molecular weight excluding hydrogens is 254 g/mol. The summed E-state index contributed by atoms with van der Waals surface area (Å²) in [4.78, 5) is 1.11. The highest BCUT2D eigenvalue weighted by atomic mass is 32.2. The lowest BCUT2D eigenvalue weighted by atomic mass is 10.3. The quantitative estimate of drug-likeness (QED) is 0.771. The maximum atomic E-state index is 11.8. The molecule has 1 aromatic carbocycles. The third kappa shape index (κ3) is 5.10. The number of nitrogens with two attached hydrogens (primary N) is 1. The van der Waals surface area contributed by atoms with E-state index in [-0.39, 0.29) is 11.0 Å². The van der Waals surface area contributed by atoms with E-state index in [2.05, 4.69) is 0 Å². The van der Waals surface area contributed by atoms with E-state index in [4.69, 9.17) is 5.73 Å². The van der Waals surface area contributed by atoms with E-state index in [0.717, 1.165) is 4.90 Å². The summed E-state index contributed by atoms with van der Waals surface area (Å²) < 4.78 is 23.7. The number of hydrogen-bond acceptors (Lipinski definition) is 4. The first-order chi connectivity index (χ1) is 8.06. The molecule has 17 heavy (non-hydrogen) atoms. The fourth-order valence-electron chi connectivity index (χ4n) is 1.41. The van der Waals surface area contributed by atoms with Crippen LogP contribution in [0.5, 0.6) is 0 Å². The Morgan fingerprint density at radius 1 is 1.29 bits per heavy atom. The maximum absolute atomic E-state index is 11.8. The predicted molar refractivity (Wildman–Crippen MR) is 74.1 cm³/mol. The second kappa shape index (κ2) is 7.03. The molecule has 96 valence electrons. The number of thioether (sulfide) groups is 1. The first-order valence-electron chi connectivity index (χ1n) is 5.66. The fraction of sp³-hybridized carbons (Fsp3) is 0.500. The molecule has 0 bridgehead atoms. The van der Waals surface area contributed by atoms with Crippen molar-refractivity contribution >= 4 is 21.6 Å². The molecule has 1 rings (SSSR count). The molecule has 2 N–H and O–H groups in total. The van der Waals surface area contributed by atoms with Gasteiger partial charge in [-0.15, -0.1) is 11.8 Å². The Kier molecular flexibility index (Phi) is 6.02. The zero-order valence-electron chi connectivity index (χ0n) is 10.0. The highest BCUT2D eigenvalue weighted by molar-refractivity contribution is 8.00. The van der Waals surface area contributed by atoms with Gasteiger partial charge in [-0.05, 0) is 32.0 Å². The molecule has 1 atom stereocenters. The van der Waals surface area contributed by atoms with Gasteiger partial charge in [-0.1, -0.05) is 18.2 Å². The zero-order chi connectivity index (χ0) is 12.7. The molecule has 5 heteroatoms. The van der Waals surface area contributed by atoms with E-state index in [9.17, 15) is 8.42 Å². The van der Waals surface area contributed by atoms with Crippen LogP contribution in [0, 0.1) is 0 Å². The van der Waals surface area contributed by atoms with Crippen LogP contribution in [0.3, 0.4) is 0 Å². The van der Waals surface area contributed by atoms with Crippen LogP contribution in [0.25, 0.3) is 0 Å². The van der Waals surface area contributed by atoms with E-state index >= 15 is 0 Å². The summed E-state index contributed by atoms with van der Waals surface area (Å²) in [5.74, 6) is 0.814. The molecule has 0 saturated carbocycles. The van der Waals surface area contributed by atoms with Crippen molar-refractivity contribution in [2.24, 2.45) is 5.73 Å². The van der Waals surface area contributed by atoms with E-state index in [1.165, 1.54) is 0 Å². The Morgan fingerprint density at radius 3 is 2.53 bits per heavy atom. The van der Waals surface area contributed by atoms with Gasteiger partial charge in [-0.3, -0.25) is 0 Å². The molecule has 0 amide bonds. The van der Waals surface area contributed by atoms with E-state index in [1.54, 1.807) is 18.7 Å². The van der Waals surface area contributed by atoms with Crippen molar-refractivity contribution in [3.8, 4) is 0 Å². The van der Waals surface area contributed by atoms with Crippen LogP contribution in [0.4, 0.5) is 0 Å². The van der Waals surface area contributed by atoms with Crippen LogP contribution in [-0.2, 0) is 9.84 Å². The smallest absolute Gasteiger partial charge is 0.153 e. The predicted octanol–water partition coefficient (Wildman–Crippen LogP) is 1.93. The summed E-state index contributed by atoms with van der Waals surface area (Å²) in [5, 5.41) is -0.330. The molecule has 0 aliphatic carbocycles. The van der Waals surface area contributed by atoms with Crippen LogP contribution >= 0.6 is 11.8 Å². The van der Waals surface area contributed by atoms with E-state index < -0.39 is 9.84 Å². The van der Waals surface area contributed by atoms with Crippen molar-refractivity contribution in [3.63, 3.8) is 0 Å². The molecule has 0 fully saturated rings. The highest BCUT2D eigenvalue weighted by Crippen LogP contribution is 2.18. The van der Waals surface area contributed by atoms with Crippen LogP contribution in [-0.4, -0.2) is 31.7 Å². The van der Waals surface area contributed by atoms with Gasteiger partial charge >= 0.3 is 0 Å². The van der Waals surface area contributed by atoms with Crippen LogP contribution < -0.4 is 5.73 Å². The van der Waals surface area contributed by atoms with Crippen LogP contribution in [0.1, 0.15) is 13.3 Å². The average Bonchev–Trinajstić information content (AvgIpc) is 2.30. The number of hydrogen-bond donors (Lipinski definition) is 1. The number of benzene rings is 1. The monoisotopic (exact) mass is 273 g/mol. The summed E-state index contributed by atoms with van der Waals surface area (Å²) in [7, 11) is -2.99. The first kappa shape index (κ1) is 14.5. The second-order valence-corrected chi connectivity index (χ2v) is 7.62. The summed E-state index contributed by atoms with van der Waals surface area (Å²) in [6.07, 6.45) is 0.540. The van der Waals surface area contributed by atoms with Crippen molar-refractivity contribution < 1.29 is 8.42 Å². The minimum atomic E-state index is -2.99. The molecule has 0 aliphatic heterocycles. The SMILES string of the molecule is CC(CCN)S(=O)(=O)CCSc1ccccc1. The zero-order valence-corrected chi connectivity index (χ0v) is 11.6. The Hall–Kier alpha value is -0.520. The van der Waals surface area contributed by atoms with Crippen molar-refractivity contribution in [1.29, 1.82) is 0 Å². The van der Waals surface area contributed by atoms with Crippen molar-refractivity contribution in [3.05, 3.63) is 30.3 Å². The summed E-state index contributed by atoms with van der Waals surface area (Å²) in [6.45, 7) is 2.15. The Bertz CT molecular complexity index is 417. The summed E-state index contributed by atoms with van der Waals surface area (Å²) >= 11 is 1.57. The highest BCUT2D eigenvalue weighted by Gasteiger charge is 2.19. The molecule has 0 aromatic heterocycles. The third-order valence-corrected chi connectivity index (χ3v) is 6.07.